The lowest BCUT2D eigenvalue weighted by atomic mass is 10.1. The molecular formula is C20H24N2O3S2. The molecule has 0 N–H and O–H groups in total. The highest BCUT2D eigenvalue weighted by molar-refractivity contribution is 8.18. The average Bonchev–Trinajstić information content (AvgIpc) is 3.14. The van der Waals surface area contributed by atoms with Crippen LogP contribution in [0.5, 0.6) is 0 Å². The van der Waals surface area contributed by atoms with Crippen LogP contribution in [0, 0.1) is 11.3 Å². The summed E-state index contributed by atoms with van der Waals surface area (Å²) >= 11 is 1.23. The molecule has 144 valence electrons. The number of benzene rings is 1. The highest BCUT2D eigenvalue weighted by Gasteiger charge is 2.26. The molecule has 1 heterocycles. The number of thioether (sulfide) groups is 1. The van der Waals surface area contributed by atoms with Crippen molar-refractivity contribution in [1.82, 2.24) is 0 Å². The van der Waals surface area contributed by atoms with E-state index in [0.717, 1.165) is 29.7 Å². The van der Waals surface area contributed by atoms with Crippen molar-refractivity contribution in [1.29, 1.82) is 5.26 Å². The van der Waals surface area contributed by atoms with Crippen molar-refractivity contribution < 1.29 is 12.7 Å². The Kier molecular flexibility index (Phi) is 8.14. The molecule has 0 radical (unpaired) electrons. The second-order valence-corrected chi connectivity index (χ2v) is 9.07. The fourth-order valence-electron chi connectivity index (χ4n) is 2.71. The molecule has 1 aromatic rings. The van der Waals surface area contributed by atoms with Gasteiger partial charge in [0.2, 0.25) is 0 Å². The van der Waals surface area contributed by atoms with E-state index in [1.54, 1.807) is 12.2 Å². The Bertz CT molecular complexity index is 866. The number of unbranched alkanes of at least 4 members (excludes halogenated alkanes) is 1. The van der Waals surface area contributed by atoms with Crippen LogP contribution in [0.1, 0.15) is 51.5 Å². The molecule has 1 atom stereocenters. The van der Waals surface area contributed by atoms with Gasteiger partial charge in [-0.3, -0.25) is 4.28 Å². The Hall–Kier alpha value is -2.04. The van der Waals surface area contributed by atoms with Crippen LogP contribution in [0.4, 0.5) is 0 Å². The zero-order chi connectivity index (χ0) is 19.7. The van der Waals surface area contributed by atoms with E-state index in [4.69, 9.17) is 4.28 Å². The van der Waals surface area contributed by atoms with E-state index in [1.807, 2.05) is 44.2 Å². The molecule has 1 aromatic carbocycles. The van der Waals surface area contributed by atoms with Crippen LogP contribution >= 0.6 is 11.8 Å². The van der Waals surface area contributed by atoms with Crippen molar-refractivity contribution in [2.75, 3.05) is 0 Å². The van der Waals surface area contributed by atoms with Crippen molar-refractivity contribution in [2.24, 2.45) is 5.16 Å². The smallest absolute Gasteiger partial charge is 0.267 e. The monoisotopic (exact) mass is 404 g/mol. The van der Waals surface area contributed by atoms with E-state index in [-0.39, 0.29) is 0 Å². The molecule has 1 unspecified atom stereocenters. The van der Waals surface area contributed by atoms with Gasteiger partial charge >= 0.3 is 10.1 Å². The Morgan fingerprint density at radius 2 is 1.93 bits per heavy atom. The summed E-state index contributed by atoms with van der Waals surface area (Å²) in [7, 11) is -3.76. The van der Waals surface area contributed by atoms with Gasteiger partial charge < -0.3 is 0 Å². The number of rotatable bonds is 9. The summed E-state index contributed by atoms with van der Waals surface area (Å²) in [5.41, 5.74) is 1.33. The van der Waals surface area contributed by atoms with E-state index in [0.29, 0.717) is 23.5 Å². The van der Waals surface area contributed by atoms with Gasteiger partial charge in [0.25, 0.3) is 0 Å². The standard InChI is InChI=1S/C20H24N2O3S2/c1-3-5-12-17(9-4-2)27(23,24)25-22-20-14-13-19(26-20)18(15-21)16-10-7-6-8-11-16/h6-8,10-11,13-14,17H,3-5,9,12H2,1-2H3. The molecular weight excluding hydrogens is 380 g/mol. The third-order valence-electron chi connectivity index (χ3n) is 4.14. The topological polar surface area (TPSA) is 79.5 Å². The lowest BCUT2D eigenvalue weighted by Crippen LogP contribution is -2.22. The quantitative estimate of drug-likeness (QED) is 0.415. The van der Waals surface area contributed by atoms with Crippen molar-refractivity contribution in [3.63, 3.8) is 0 Å². The van der Waals surface area contributed by atoms with Crippen LogP contribution in [0.25, 0.3) is 5.57 Å². The van der Waals surface area contributed by atoms with Crippen LogP contribution < -0.4 is 0 Å². The van der Waals surface area contributed by atoms with Crippen molar-refractivity contribution in [3.05, 3.63) is 53.0 Å². The third kappa shape index (κ3) is 5.98. The molecule has 0 saturated carbocycles. The normalized spacial score (nSPS) is 18.3. The van der Waals surface area contributed by atoms with Gasteiger partial charge in [-0.1, -0.05) is 80.4 Å². The van der Waals surface area contributed by atoms with Gasteiger partial charge in [0, 0.05) is 4.91 Å². The molecule has 0 fully saturated rings. The van der Waals surface area contributed by atoms with Gasteiger partial charge in [-0.2, -0.15) is 13.7 Å². The summed E-state index contributed by atoms with van der Waals surface area (Å²) in [6, 6.07) is 11.5. The van der Waals surface area contributed by atoms with Gasteiger partial charge in [0.1, 0.15) is 11.1 Å². The van der Waals surface area contributed by atoms with Crippen molar-refractivity contribution in [3.8, 4) is 6.07 Å². The minimum Gasteiger partial charge on any atom is -0.267 e. The fourth-order valence-corrected chi connectivity index (χ4v) is 4.88. The number of oxime groups is 1. The minimum atomic E-state index is -3.76. The number of nitrogens with zero attached hydrogens (tertiary/aromatic N) is 2. The van der Waals surface area contributed by atoms with Gasteiger partial charge in [0.15, 0.2) is 0 Å². The second-order valence-electron chi connectivity index (χ2n) is 6.20. The van der Waals surface area contributed by atoms with Crippen molar-refractivity contribution in [2.45, 2.75) is 51.2 Å². The summed E-state index contributed by atoms with van der Waals surface area (Å²) in [5, 5.41) is 13.2. The second kappa shape index (κ2) is 10.3. The fraction of sp³-hybridized carbons (Fsp3) is 0.400. The highest BCUT2D eigenvalue weighted by atomic mass is 32.2. The molecule has 5 nitrogen and oxygen atoms in total. The Morgan fingerprint density at radius 1 is 1.19 bits per heavy atom. The Labute approximate surface area is 165 Å². The molecule has 0 bridgehead atoms. The Balaban J connectivity index is 2.12. The summed E-state index contributed by atoms with van der Waals surface area (Å²) in [6.45, 7) is 3.99. The molecule has 7 heteroatoms. The maximum Gasteiger partial charge on any atom is 0.331 e. The number of allylic oxidation sites excluding steroid dienone is 2. The van der Waals surface area contributed by atoms with E-state index in [1.165, 1.54) is 11.8 Å². The van der Waals surface area contributed by atoms with E-state index < -0.39 is 15.4 Å². The molecule has 1 aliphatic heterocycles. The van der Waals surface area contributed by atoms with Gasteiger partial charge in [0.05, 0.1) is 10.8 Å². The van der Waals surface area contributed by atoms with Crippen LogP contribution in [0.3, 0.4) is 0 Å². The molecule has 0 aliphatic carbocycles. The summed E-state index contributed by atoms with van der Waals surface area (Å²) in [6.07, 6.45) is 7.12. The lowest BCUT2D eigenvalue weighted by Gasteiger charge is -2.14. The molecule has 0 amide bonds. The number of hydrogen-bond donors (Lipinski definition) is 0. The van der Waals surface area contributed by atoms with Crippen LogP contribution in [0.2, 0.25) is 0 Å². The molecule has 27 heavy (non-hydrogen) atoms. The van der Waals surface area contributed by atoms with Crippen LogP contribution in [-0.2, 0) is 14.4 Å². The van der Waals surface area contributed by atoms with Crippen LogP contribution in [0.15, 0.2) is 52.5 Å². The minimum absolute atomic E-state index is 0.419. The van der Waals surface area contributed by atoms with Crippen LogP contribution in [-0.4, -0.2) is 18.7 Å². The molecule has 1 aliphatic rings. The van der Waals surface area contributed by atoms with Gasteiger partial charge in [-0.05, 0) is 30.6 Å². The van der Waals surface area contributed by atoms with Gasteiger partial charge in [-0.25, -0.2) is 0 Å². The molecule has 0 saturated heterocycles. The molecule has 0 aromatic heterocycles. The predicted octanol–water partition coefficient (Wildman–Crippen LogP) is 5.24. The van der Waals surface area contributed by atoms with Gasteiger partial charge in [-0.15, -0.1) is 0 Å². The highest BCUT2D eigenvalue weighted by Crippen LogP contribution is 2.34. The zero-order valence-corrected chi connectivity index (χ0v) is 17.2. The first-order valence-electron chi connectivity index (χ1n) is 9.08. The maximum absolute atomic E-state index is 12.4. The average molecular weight is 405 g/mol. The summed E-state index contributed by atoms with van der Waals surface area (Å²) in [5.74, 6) is 0. The first kappa shape index (κ1) is 21.3. The van der Waals surface area contributed by atoms with E-state index >= 15 is 0 Å². The number of hydrogen-bond acceptors (Lipinski definition) is 6. The molecule has 0 spiro atoms. The summed E-state index contributed by atoms with van der Waals surface area (Å²) < 4.78 is 29.9. The lowest BCUT2D eigenvalue weighted by molar-refractivity contribution is 0.328. The van der Waals surface area contributed by atoms with E-state index in [9.17, 15) is 13.7 Å². The SMILES string of the molecule is CCCCC(CCC)S(=O)(=O)ON=C1C=CC(=C(C#N)c2ccccc2)S1. The zero-order valence-electron chi connectivity index (χ0n) is 15.6. The first-order valence-corrected chi connectivity index (χ1v) is 11.4. The molecule has 2 rings (SSSR count). The van der Waals surface area contributed by atoms with Crippen molar-refractivity contribution >= 4 is 32.5 Å². The summed E-state index contributed by atoms with van der Waals surface area (Å²) in [4.78, 5) is 0.722. The predicted molar refractivity (Wildman–Crippen MR) is 111 cm³/mol. The Morgan fingerprint density at radius 3 is 2.56 bits per heavy atom. The number of nitriles is 1. The first-order chi connectivity index (χ1) is 13.0. The third-order valence-corrected chi connectivity index (χ3v) is 6.69. The largest absolute Gasteiger partial charge is 0.331 e. The van der Waals surface area contributed by atoms with E-state index in [2.05, 4.69) is 11.2 Å². The maximum atomic E-state index is 12.4.